The Morgan fingerprint density at radius 3 is 2.86 bits per heavy atom. The molecule has 1 aliphatic rings. The molecule has 0 atom stereocenters. The summed E-state index contributed by atoms with van der Waals surface area (Å²) in [6, 6.07) is 9.65. The number of hydrogen-bond acceptors (Lipinski definition) is 2. The Balaban J connectivity index is 2.60. The summed E-state index contributed by atoms with van der Waals surface area (Å²) < 4.78 is 0. The van der Waals surface area contributed by atoms with Gasteiger partial charge in [0.05, 0.1) is 5.69 Å². The molecule has 2 heteroatoms. The van der Waals surface area contributed by atoms with E-state index < -0.39 is 0 Å². The van der Waals surface area contributed by atoms with Crippen LogP contribution >= 0.6 is 0 Å². The molecule has 14 heavy (non-hydrogen) atoms. The van der Waals surface area contributed by atoms with Crippen LogP contribution in [0.2, 0.25) is 0 Å². The fourth-order valence-corrected chi connectivity index (χ4v) is 2.04. The summed E-state index contributed by atoms with van der Waals surface area (Å²) >= 11 is 0. The second kappa shape index (κ2) is 2.35. The summed E-state index contributed by atoms with van der Waals surface area (Å²) in [6.07, 6.45) is 0. The highest BCUT2D eigenvalue weighted by atomic mass is 16.3. The smallest absolute Gasteiger partial charge is 0.125 e. The molecule has 1 N–H and O–H groups in total. The molecule has 0 aliphatic carbocycles. The Kier molecular flexibility index (Phi) is 1.27. The predicted molar refractivity (Wildman–Crippen MR) is 57.5 cm³/mol. The van der Waals surface area contributed by atoms with Gasteiger partial charge in [0.25, 0.3) is 0 Å². The summed E-state index contributed by atoms with van der Waals surface area (Å²) in [5.74, 6) is 0.323. The van der Waals surface area contributed by atoms with Crippen LogP contribution in [-0.2, 0) is 0 Å². The molecule has 1 aliphatic heterocycles. The van der Waals surface area contributed by atoms with Gasteiger partial charge in [0, 0.05) is 16.7 Å². The molecule has 0 fully saturated rings. The van der Waals surface area contributed by atoms with E-state index in [0.717, 1.165) is 27.7 Å². The maximum absolute atomic E-state index is 9.73. The van der Waals surface area contributed by atoms with E-state index in [9.17, 15) is 5.11 Å². The van der Waals surface area contributed by atoms with Gasteiger partial charge in [0.2, 0.25) is 0 Å². The van der Waals surface area contributed by atoms with E-state index in [2.05, 4.69) is 4.99 Å². The van der Waals surface area contributed by atoms with Crippen LogP contribution in [0.5, 0.6) is 5.75 Å². The molecule has 1 heterocycles. The summed E-state index contributed by atoms with van der Waals surface area (Å²) in [6.45, 7) is 1.93. The van der Waals surface area contributed by atoms with Crippen LogP contribution in [0.3, 0.4) is 0 Å². The molecule has 0 bridgehead atoms. The largest absolute Gasteiger partial charge is 0.507 e. The first-order chi connectivity index (χ1) is 6.77. The minimum absolute atomic E-state index is 0.323. The first-order valence-electron chi connectivity index (χ1n) is 4.58. The van der Waals surface area contributed by atoms with Gasteiger partial charge in [-0.05, 0) is 24.4 Å². The average Bonchev–Trinajstić information content (AvgIpc) is 2.51. The number of hydrogen-bond donors (Lipinski definition) is 1. The first-order valence-corrected chi connectivity index (χ1v) is 4.58. The van der Waals surface area contributed by atoms with Crippen molar-refractivity contribution in [2.45, 2.75) is 6.92 Å². The maximum Gasteiger partial charge on any atom is 0.125 e. The van der Waals surface area contributed by atoms with Crippen molar-refractivity contribution >= 4 is 22.2 Å². The number of aliphatic imine (C=N–C) groups is 1. The van der Waals surface area contributed by atoms with Crippen LogP contribution in [0.25, 0.3) is 10.8 Å². The fourth-order valence-electron chi connectivity index (χ4n) is 2.04. The maximum atomic E-state index is 9.73. The molecular weight excluding hydrogens is 174 g/mol. The highest BCUT2D eigenvalue weighted by Crippen LogP contribution is 2.39. The first kappa shape index (κ1) is 7.56. The SMILES string of the molecule is CC1=Nc2cccc3ccc(O)c1c23. The molecule has 2 aromatic rings. The van der Waals surface area contributed by atoms with E-state index in [0.29, 0.717) is 5.75 Å². The second-order valence-electron chi connectivity index (χ2n) is 3.53. The van der Waals surface area contributed by atoms with Crippen LogP contribution in [0.15, 0.2) is 35.3 Å². The third kappa shape index (κ3) is 0.777. The number of aromatic hydroxyl groups is 1. The molecule has 68 valence electrons. The van der Waals surface area contributed by atoms with Crippen molar-refractivity contribution in [3.05, 3.63) is 35.9 Å². The zero-order valence-corrected chi connectivity index (χ0v) is 7.78. The Hall–Kier alpha value is -1.83. The molecule has 0 saturated carbocycles. The lowest BCUT2D eigenvalue weighted by Gasteiger charge is -2.03. The van der Waals surface area contributed by atoms with Gasteiger partial charge in [0.1, 0.15) is 5.75 Å². The molecule has 0 unspecified atom stereocenters. The molecule has 0 radical (unpaired) electrons. The van der Waals surface area contributed by atoms with Gasteiger partial charge in [-0.2, -0.15) is 0 Å². The molecule has 0 amide bonds. The van der Waals surface area contributed by atoms with Crippen molar-refractivity contribution in [3.8, 4) is 5.75 Å². The summed E-state index contributed by atoms with van der Waals surface area (Å²) in [4.78, 5) is 4.41. The number of benzene rings is 2. The summed E-state index contributed by atoms with van der Waals surface area (Å²) in [5.41, 5.74) is 2.75. The Labute approximate surface area is 81.5 Å². The molecule has 2 aromatic carbocycles. The van der Waals surface area contributed by atoms with Gasteiger partial charge >= 0.3 is 0 Å². The molecule has 3 rings (SSSR count). The van der Waals surface area contributed by atoms with Crippen molar-refractivity contribution in [3.63, 3.8) is 0 Å². The van der Waals surface area contributed by atoms with Gasteiger partial charge in [-0.25, -0.2) is 0 Å². The van der Waals surface area contributed by atoms with Crippen LogP contribution in [0.1, 0.15) is 12.5 Å². The lowest BCUT2D eigenvalue weighted by molar-refractivity contribution is 0.475. The standard InChI is InChI=1S/C12H9NO/c1-7-11-10(14)6-5-8-3-2-4-9(13-7)12(8)11/h2-6,14H,1H3. The fraction of sp³-hybridized carbons (Fsp3) is 0.0833. The van der Waals surface area contributed by atoms with Crippen LogP contribution in [0, 0.1) is 0 Å². The van der Waals surface area contributed by atoms with E-state index in [4.69, 9.17) is 0 Å². The van der Waals surface area contributed by atoms with E-state index in [-0.39, 0.29) is 0 Å². The van der Waals surface area contributed by atoms with Gasteiger partial charge in [-0.3, -0.25) is 4.99 Å². The number of phenolic OH excluding ortho intramolecular Hbond substituents is 1. The average molecular weight is 183 g/mol. The van der Waals surface area contributed by atoms with Crippen LogP contribution in [-0.4, -0.2) is 10.8 Å². The molecule has 0 spiro atoms. The second-order valence-corrected chi connectivity index (χ2v) is 3.53. The summed E-state index contributed by atoms with van der Waals surface area (Å²) in [5, 5.41) is 11.9. The topological polar surface area (TPSA) is 32.6 Å². The van der Waals surface area contributed by atoms with E-state index >= 15 is 0 Å². The molecule has 0 saturated heterocycles. The minimum atomic E-state index is 0.323. The number of rotatable bonds is 0. The van der Waals surface area contributed by atoms with Crippen molar-refractivity contribution in [1.29, 1.82) is 0 Å². The Morgan fingerprint density at radius 2 is 2.00 bits per heavy atom. The third-order valence-corrected chi connectivity index (χ3v) is 2.65. The Bertz CT molecular complexity index is 570. The highest BCUT2D eigenvalue weighted by molar-refractivity contribution is 6.20. The minimum Gasteiger partial charge on any atom is -0.507 e. The van der Waals surface area contributed by atoms with Crippen molar-refractivity contribution in [2.75, 3.05) is 0 Å². The zero-order valence-electron chi connectivity index (χ0n) is 7.78. The lowest BCUT2D eigenvalue weighted by Crippen LogP contribution is -1.90. The van der Waals surface area contributed by atoms with Crippen LogP contribution < -0.4 is 0 Å². The van der Waals surface area contributed by atoms with E-state index in [1.807, 2.05) is 31.2 Å². The quantitative estimate of drug-likeness (QED) is 0.669. The van der Waals surface area contributed by atoms with Gasteiger partial charge < -0.3 is 5.11 Å². The number of nitrogens with zero attached hydrogens (tertiary/aromatic N) is 1. The van der Waals surface area contributed by atoms with Crippen molar-refractivity contribution in [2.24, 2.45) is 4.99 Å². The Morgan fingerprint density at radius 1 is 1.14 bits per heavy atom. The molecular formula is C12H9NO. The van der Waals surface area contributed by atoms with Gasteiger partial charge in [-0.15, -0.1) is 0 Å². The van der Waals surface area contributed by atoms with Crippen molar-refractivity contribution < 1.29 is 5.11 Å². The number of phenols is 1. The highest BCUT2D eigenvalue weighted by Gasteiger charge is 2.18. The molecule has 0 aromatic heterocycles. The zero-order chi connectivity index (χ0) is 9.71. The van der Waals surface area contributed by atoms with Crippen LogP contribution in [0.4, 0.5) is 5.69 Å². The predicted octanol–water partition coefficient (Wildman–Crippen LogP) is 3.00. The summed E-state index contributed by atoms with van der Waals surface area (Å²) in [7, 11) is 0. The van der Waals surface area contributed by atoms with E-state index in [1.54, 1.807) is 6.07 Å². The lowest BCUT2D eigenvalue weighted by atomic mass is 10.0. The third-order valence-electron chi connectivity index (χ3n) is 2.65. The van der Waals surface area contributed by atoms with Crippen molar-refractivity contribution in [1.82, 2.24) is 0 Å². The monoisotopic (exact) mass is 183 g/mol. The van der Waals surface area contributed by atoms with Gasteiger partial charge in [0.15, 0.2) is 0 Å². The van der Waals surface area contributed by atoms with Gasteiger partial charge in [-0.1, -0.05) is 18.2 Å². The molecule has 2 nitrogen and oxygen atoms in total. The van der Waals surface area contributed by atoms with E-state index in [1.165, 1.54) is 0 Å². The normalized spacial score (nSPS) is 13.4.